The van der Waals surface area contributed by atoms with Crippen molar-refractivity contribution in [2.75, 3.05) is 6.54 Å². The maximum absolute atomic E-state index is 13.1. The van der Waals surface area contributed by atoms with Crippen molar-refractivity contribution < 1.29 is 4.79 Å². The summed E-state index contributed by atoms with van der Waals surface area (Å²) in [6.07, 6.45) is 8.12. The van der Waals surface area contributed by atoms with E-state index in [1.807, 2.05) is 10.9 Å². The van der Waals surface area contributed by atoms with Gasteiger partial charge in [-0.2, -0.15) is 5.10 Å². The number of rotatable bonds is 3. The summed E-state index contributed by atoms with van der Waals surface area (Å²) in [4.78, 5) is 15.2. The standard InChI is InChI=1S/C19H23N3O/c1-14-11-20-21(12-14)13-16-6-4-10-22(16)19(23)18-9-8-15-5-2-3-7-17(15)18/h2-3,5,7,11-12,16,18H,4,6,8-10,13H2,1H3. The van der Waals surface area contributed by atoms with Crippen molar-refractivity contribution in [3.8, 4) is 0 Å². The van der Waals surface area contributed by atoms with E-state index in [1.54, 1.807) is 0 Å². The van der Waals surface area contributed by atoms with Crippen LogP contribution in [0.3, 0.4) is 0 Å². The van der Waals surface area contributed by atoms with Crippen molar-refractivity contribution in [1.82, 2.24) is 14.7 Å². The maximum Gasteiger partial charge on any atom is 0.230 e. The van der Waals surface area contributed by atoms with E-state index in [1.165, 1.54) is 16.7 Å². The number of aryl methyl sites for hydroxylation is 2. The van der Waals surface area contributed by atoms with Crippen LogP contribution >= 0.6 is 0 Å². The van der Waals surface area contributed by atoms with Gasteiger partial charge in [0.05, 0.1) is 24.7 Å². The van der Waals surface area contributed by atoms with Crippen molar-refractivity contribution in [3.05, 3.63) is 53.3 Å². The highest BCUT2D eigenvalue weighted by Crippen LogP contribution is 2.36. The van der Waals surface area contributed by atoms with Gasteiger partial charge >= 0.3 is 0 Å². The fraction of sp³-hybridized carbons (Fsp3) is 0.474. The predicted octanol–water partition coefficient (Wildman–Crippen LogP) is 2.91. The van der Waals surface area contributed by atoms with E-state index in [4.69, 9.17) is 0 Å². The van der Waals surface area contributed by atoms with E-state index in [0.717, 1.165) is 38.8 Å². The number of fused-ring (bicyclic) bond motifs is 1. The second-order valence-electron chi connectivity index (χ2n) is 6.86. The average molecular weight is 309 g/mol. The van der Waals surface area contributed by atoms with E-state index in [-0.39, 0.29) is 12.0 Å². The average Bonchev–Trinajstić information content (AvgIpc) is 3.27. The summed E-state index contributed by atoms with van der Waals surface area (Å²) >= 11 is 0. The fourth-order valence-corrected chi connectivity index (χ4v) is 4.11. The highest BCUT2D eigenvalue weighted by molar-refractivity contribution is 5.85. The van der Waals surface area contributed by atoms with Gasteiger partial charge in [-0.1, -0.05) is 24.3 Å². The van der Waals surface area contributed by atoms with Crippen molar-refractivity contribution in [2.45, 2.75) is 51.1 Å². The summed E-state index contributed by atoms with van der Waals surface area (Å²) in [7, 11) is 0. The molecule has 1 aromatic carbocycles. The smallest absolute Gasteiger partial charge is 0.230 e. The Kier molecular flexibility index (Phi) is 3.68. The van der Waals surface area contributed by atoms with Gasteiger partial charge in [0.15, 0.2) is 0 Å². The molecule has 1 saturated heterocycles. The zero-order valence-corrected chi connectivity index (χ0v) is 13.6. The molecule has 4 heteroatoms. The monoisotopic (exact) mass is 309 g/mol. The largest absolute Gasteiger partial charge is 0.337 e. The van der Waals surface area contributed by atoms with Gasteiger partial charge in [0.1, 0.15) is 0 Å². The summed E-state index contributed by atoms with van der Waals surface area (Å²) < 4.78 is 1.98. The first-order valence-corrected chi connectivity index (χ1v) is 8.60. The number of carbonyl (C=O) groups is 1. The number of carbonyl (C=O) groups excluding carboxylic acids is 1. The first-order valence-electron chi connectivity index (χ1n) is 8.60. The van der Waals surface area contributed by atoms with E-state index in [2.05, 4.69) is 47.4 Å². The first kappa shape index (κ1) is 14.5. The third kappa shape index (κ3) is 2.67. The quantitative estimate of drug-likeness (QED) is 0.874. The van der Waals surface area contributed by atoms with Crippen molar-refractivity contribution >= 4 is 5.91 Å². The van der Waals surface area contributed by atoms with Crippen molar-refractivity contribution in [1.29, 1.82) is 0 Å². The third-order valence-corrected chi connectivity index (χ3v) is 5.25. The molecule has 4 nitrogen and oxygen atoms in total. The van der Waals surface area contributed by atoms with Crippen LogP contribution in [0.5, 0.6) is 0 Å². The number of aromatic nitrogens is 2. The van der Waals surface area contributed by atoms with Gasteiger partial charge < -0.3 is 4.90 Å². The van der Waals surface area contributed by atoms with E-state index < -0.39 is 0 Å². The molecule has 0 spiro atoms. The first-order chi connectivity index (χ1) is 11.2. The number of hydrogen-bond acceptors (Lipinski definition) is 2. The Labute approximate surface area is 137 Å². The molecule has 2 atom stereocenters. The molecule has 2 unspecified atom stereocenters. The molecule has 0 saturated carbocycles. The lowest BCUT2D eigenvalue weighted by atomic mass is 9.99. The van der Waals surface area contributed by atoms with Gasteiger partial charge in [-0.15, -0.1) is 0 Å². The molecule has 0 bridgehead atoms. The van der Waals surface area contributed by atoms with Crippen molar-refractivity contribution in [3.63, 3.8) is 0 Å². The zero-order chi connectivity index (χ0) is 15.8. The van der Waals surface area contributed by atoms with E-state index in [0.29, 0.717) is 5.91 Å². The van der Waals surface area contributed by atoms with E-state index in [9.17, 15) is 4.79 Å². The minimum atomic E-state index is 0.0613. The minimum Gasteiger partial charge on any atom is -0.337 e. The van der Waals surface area contributed by atoms with Gasteiger partial charge in [-0.3, -0.25) is 9.48 Å². The Morgan fingerprint density at radius 2 is 2.17 bits per heavy atom. The summed E-state index contributed by atoms with van der Waals surface area (Å²) in [5, 5.41) is 4.39. The number of amides is 1. The Hall–Kier alpha value is -2.10. The Balaban J connectivity index is 1.51. The minimum absolute atomic E-state index is 0.0613. The molecule has 0 N–H and O–H groups in total. The Morgan fingerprint density at radius 3 is 3.00 bits per heavy atom. The van der Waals surface area contributed by atoms with Crippen LogP contribution in [0.15, 0.2) is 36.7 Å². The van der Waals surface area contributed by atoms with E-state index >= 15 is 0 Å². The molecule has 23 heavy (non-hydrogen) atoms. The molecule has 2 heterocycles. The Bertz CT molecular complexity index is 721. The molecular formula is C19H23N3O. The molecule has 120 valence electrons. The molecule has 1 aliphatic carbocycles. The van der Waals surface area contributed by atoms with Gasteiger partial charge in [-0.05, 0) is 49.3 Å². The summed E-state index contributed by atoms with van der Waals surface area (Å²) in [5.41, 5.74) is 3.77. The molecule has 1 aliphatic heterocycles. The van der Waals surface area contributed by atoms with Crippen LogP contribution < -0.4 is 0 Å². The van der Waals surface area contributed by atoms with Crippen LogP contribution in [-0.4, -0.2) is 33.2 Å². The molecule has 4 rings (SSSR count). The SMILES string of the molecule is Cc1cnn(CC2CCCN2C(=O)C2CCc3ccccc32)c1. The summed E-state index contributed by atoms with van der Waals surface area (Å²) in [6.45, 7) is 3.76. The molecule has 0 radical (unpaired) electrons. The van der Waals surface area contributed by atoms with Crippen LogP contribution in [-0.2, 0) is 17.8 Å². The Morgan fingerprint density at radius 1 is 1.30 bits per heavy atom. The molecular weight excluding hydrogens is 286 g/mol. The second-order valence-corrected chi connectivity index (χ2v) is 6.86. The van der Waals surface area contributed by atoms with Crippen LogP contribution in [0.1, 0.15) is 41.9 Å². The lowest BCUT2D eigenvalue weighted by molar-refractivity contribution is -0.133. The lowest BCUT2D eigenvalue weighted by Gasteiger charge is -2.27. The molecule has 1 fully saturated rings. The normalized spacial score (nSPS) is 23.3. The molecule has 2 aliphatic rings. The fourth-order valence-electron chi connectivity index (χ4n) is 4.11. The third-order valence-electron chi connectivity index (χ3n) is 5.25. The van der Waals surface area contributed by atoms with Gasteiger partial charge in [-0.25, -0.2) is 0 Å². The zero-order valence-electron chi connectivity index (χ0n) is 13.6. The summed E-state index contributed by atoms with van der Waals surface area (Å²) in [5.74, 6) is 0.382. The topological polar surface area (TPSA) is 38.1 Å². The van der Waals surface area contributed by atoms with Crippen LogP contribution in [0, 0.1) is 6.92 Å². The highest BCUT2D eigenvalue weighted by Gasteiger charge is 2.36. The van der Waals surface area contributed by atoms with Crippen LogP contribution in [0.25, 0.3) is 0 Å². The number of likely N-dealkylation sites (tertiary alicyclic amines) is 1. The maximum atomic E-state index is 13.1. The molecule has 1 amide bonds. The number of hydrogen-bond donors (Lipinski definition) is 0. The lowest BCUT2D eigenvalue weighted by Crippen LogP contribution is -2.40. The summed E-state index contributed by atoms with van der Waals surface area (Å²) in [6, 6.07) is 8.71. The molecule has 2 aromatic rings. The highest BCUT2D eigenvalue weighted by atomic mass is 16.2. The molecule has 1 aromatic heterocycles. The predicted molar refractivity (Wildman–Crippen MR) is 89.2 cm³/mol. The number of nitrogens with zero attached hydrogens (tertiary/aromatic N) is 3. The van der Waals surface area contributed by atoms with Crippen molar-refractivity contribution in [2.24, 2.45) is 0 Å². The second kappa shape index (κ2) is 5.84. The van der Waals surface area contributed by atoms with Gasteiger partial charge in [0, 0.05) is 12.7 Å². The van der Waals surface area contributed by atoms with Crippen LogP contribution in [0.4, 0.5) is 0 Å². The van der Waals surface area contributed by atoms with Gasteiger partial charge in [0.25, 0.3) is 0 Å². The number of benzene rings is 1. The van der Waals surface area contributed by atoms with Crippen LogP contribution in [0.2, 0.25) is 0 Å². The van der Waals surface area contributed by atoms with Gasteiger partial charge in [0.2, 0.25) is 5.91 Å².